The first-order valence-electron chi connectivity index (χ1n) is 13.2. The molecule has 0 aliphatic heterocycles. The Hall–Kier alpha value is -1.35. The number of benzene rings is 1. The first-order valence-corrected chi connectivity index (χ1v) is 13.2. The van der Waals surface area contributed by atoms with Crippen molar-refractivity contribution in [3.63, 3.8) is 0 Å². The maximum atomic E-state index is 12.4. The quantitative estimate of drug-likeness (QED) is 0.158. The second kappa shape index (κ2) is 20.5. The van der Waals surface area contributed by atoms with E-state index in [4.69, 9.17) is 4.74 Å². The number of ether oxygens (including phenoxy) is 1. The topological polar surface area (TPSA) is 38.3 Å². The van der Waals surface area contributed by atoms with Gasteiger partial charge >= 0.3 is 5.97 Å². The van der Waals surface area contributed by atoms with Crippen molar-refractivity contribution in [3.05, 3.63) is 35.9 Å². The van der Waals surface area contributed by atoms with Crippen LogP contribution in [0.5, 0.6) is 0 Å². The predicted molar refractivity (Wildman–Crippen MR) is 133 cm³/mol. The van der Waals surface area contributed by atoms with E-state index in [9.17, 15) is 4.79 Å². The fraction of sp³-hybridized carbons (Fsp3) is 0.750. The highest BCUT2D eigenvalue weighted by atomic mass is 16.5. The summed E-state index contributed by atoms with van der Waals surface area (Å²) in [5.74, 6) is -0.0107. The lowest BCUT2D eigenvalue weighted by atomic mass is 10.0. The van der Waals surface area contributed by atoms with Crippen LogP contribution >= 0.6 is 0 Å². The standard InChI is InChI=1S/C28H49NO2/c1-3-5-7-9-11-16-21-27(22-17-12-10-8-6-4-2)31-28(30)23-18-24-29-25-26-19-14-13-15-20-26/h13-15,19-20,27,29H,3-12,16-18,21-25H2,1-2H3. The van der Waals surface area contributed by atoms with Crippen LogP contribution in [-0.2, 0) is 16.1 Å². The van der Waals surface area contributed by atoms with E-state index in [2.05, 4.69) is 43.4 Å². The summed E-state index contributed by atoms with van der Waals surface area (Å²) in [6, 6.07) is 10.4. The summed E-state index contributed by atoms with van der Waals surface area (Å²) in [5, 5.41) is 3.42. The molecule has 0 saturated heterocycles. The van der Waals surface area contributed by atoms with Crippen LogP contribution in [0.25, 0.3) is 0 Å². The first-order chi connectivity index (χ1) is 15.3. The fourth-order valence-corrected chi connectivity index (χ4v) is 4.00. The predicted octanol–water partition coefficient (Wildman–Crippen LogP) is 7.97. The third kappa shape index (κ3) is 16.9. The molecule has 1 N–H and O–H groups in total. The summed E-state index contributed by atoms with van der Waals surface area (Å²) >= 11 is 0. The molecule has 0 fully saturated rings. The minimum atomic E-state index is -0.0107. The van der Waals surface area contributed by atoms with Crippen molar-refractivity contribution in [2.75, 3.05) is 6.54 Å². The Balaban J connectivity index is 2.21. The van der Waals surface area contributed by atoms with Crippen molar-refractivity contribution in [2.24, 2.45) is 0 Å². The molecule has 3 heteroatoms. The molecule has 0 aromatic heterocycles. The highest BCUT2D eigenvalue weighted by Crippen LogP contribution is 2.17. The van der Waals surface area contributed by atoms with E-state index >= 15 is 0 Å². The van der Waals surface area contributed by atoms with Gasteiger partial charge in [-0.25, -0.2) is 0 Å². The van der Waals surface area contributed by atoms with Gasteiger partial charge in [-0.1, -0.05) is 108 Å². The summed E-state index contributed by atoms with van der Waals surface area (Å²) in [6.07, 6.45) is 19.1. The highest BCUT2D eigenvalue weighted by Gasteiger charge is 2.14. The molecule has 0 aliphatic carbocycles. The van der Waals surface area contributed by atoms with Gasteiger partial charge in [0.1, 0.15) is 6.10 Å². The molecule has 0 atom stereocenters. The van der Waals surface area contributed by atoms with Gasteiger partial charge in [-0.05, 0) is 44.2 Å². The molecule has 1 rings (SSSR count). The van der Waals surface area contributed by atoms with Gasteiger partial charge in [0, 0.05) is 13.0 Å². The van der Waals surface area contributed by atoms with Crippen LogP contribution in [0.3, 0.4) is 0 Å². The summed E-state index contributed by atoms with van der Waals surface area (Å²) in [7, 11) is 0. The average molecular weight is 432 g/mol. The van der Waals surface area contributed by atoms with Crippen molar-refractivity contribution in [1.29, 1.82) is 0 Å². The third-order valence-corrected chi connectivity index (χ3v) is 5.96. The fourth-order valence-electron chi connectivity index (χ4n) is 4.00. The Morgan fingerprint density at radius 2 is 1.32 bits per heavy atom. The summed E-state index contributed by atoms with van der Waals surface area (Å²) in [5.41, 5.74) is 1.28. The lowest BCUT2D eigenvalue weighted by Gasteiger charge is -2.18. The molecule has 0 radical (unpaired) electrons. The summed E-state index contributed by atoms with van der Waals surface area (Å²) in [6.45, 7) is 6.22. The molecule has 1 aromatic rings. The molecule has 1 aromatic carbocycles. The number of hydrogen-bond donors (Lipinski definition) is 1. The van der Waals surface area contributed by atoms with E-state index in [0.29, 0.717) is 6.42 Å². The maximum Gasteiger partial charge on any atom is 0.306 e. The Morgan fingerprint density at radius 1 is 0.774 bits per heavy atom. The van der Waals surface area contributed by atoms with Crippen LogP contribution in [-0.4, -0.2) is 18.6 Å². The number of nitrogens with one attached hydrogen (secondary N) is 1. The van der Waals surface area contributed by atoms with Crippen LogP contribution in [0.2, 0.25) is 0 Å². The highest BCUT2D eigenvalue weighted by molar-refractivity contribution is 5.69. The van der Waals surface area contributed by atoms with Crippen LogP contribution in [0, 0.1) is 0 Å². The van der Waals surface area contributed by atoms with Crippen molar-refractivity contribution < 1.29 is 9.53 Å². The van der Waals surface area contributed by atoms with Crippen molar-refractivity contribution >= 4 is 5.97 Å². The number of carbonyl (C=O) groups is 1. The van der Waals surface area contributed by atoms with Crippen molar-refractivity contribution in [1.82, 2.24) is 5.32 Å². The SMILES string of the molecule is CCCCCCCCC(CCCCCCCC)OC(=O)CCCNCc1ccccc1. The van der Waals surface area contributed by atoms with E-state index in [0.717, 1.165) is 32.4 Å². The van der Waals surface area contributed by atoms with Gasteiger partial charge in [-0.2, -0.15) is 0 Å². The van der Waals surface area contributed by atoms with Gasteiger partial charge in [-0.15, -0.1) is 0 Å². The lowest BCUT2D eigenvalue weighted by molar-refractivity contribution is -0.150. The minimum Gasteiger partial charge on any atom is -0.462 e. The average Bonchev–Trinajstić information content (AvgIpc) is 2.78. The Morgan fingerprint density at radius 3 is 1.90 bits per heavy atom. The molecule has 3 nitrogen and oxygen atoms in total. The monoisotopic (exact) mass is 431 g/mol. The van der Waals surface area contributed by atoms with Crippen molar-refractivity contribution in [2.45, 2.75) is 129 Å². The number of rotatable bonds is 21. The van der Waals surface area contributed by atoms with Crippen LogP contribution in [0.4, 0.5) is 0 Å². The number of esters is 1. The summed E-state index contributed by atoms with van der Waals surface area (Å²) < 4.78 is 5.90. The Bertz CT molecular complexity index is 501. The molecular weight excluding hydrogens is 382 g/mol. The van der Waals surface area contributed by atoms with Crippen LogP contribution in [0.1, 0.15) is 122 Å². The van der Waals surface area contributed by atoms with E-state index in [1.165, 1.54) is 82.6 Å². The number of carbonyl (C=O) groups excluding carboxylic acids is 1. The molecule has 0 aliphatic rings. The number of unbranched alkanes of at least 4 members (excludes halogenated alkanes) is 10. The smallest absolute Gasteiger partial charge is 0.306 e. The summed E-state index contributed by atoms with van der Waals surface area (Å²) in [4.78, 5) is 12.4. The molecule has 0 bridgehead atoms. The van der Waals surface area contributed by atoms with Gasteiger partial charge in [0.05, 0.1) is 0 Å². The Kier molecular flexibility index (Phi) is 18.3. The molecular formula is C28H49NO2. The second-order valence-electron chi connectivity index (χ2n) is 8.99. The van der Waals surface area contributed by atoms with Crippen molar-refractivity contribution in [3.8, 4) is 0 Å². The molecule has 178 valence electrons. The normalized spacial score (nSPS) is 11.2. The molecule has 31 heavy (non-hydrogen) atoms. The zero-order valence-corrected chi connectivity index (χ0v) is 20.5. The van der Waals surface area contributed by atoms with Gasteiger partial charge in [0.2, 0.25) is 0 Å². The third-order valence-electron chi connectivity index (χ3n) is 5.96. The molecule has 0 spiro atoms. The molecule has 0 saturated carbocycles. The zero-order chi connectivity index (χ0) is 22.4. The lowest BCUT2D eigenvalue weighted by Crippen LogP contribution is -2.20. The number of hydrogen-bond acceptors (Lipinski definition) is 3. The molecule has 0 heterocycles. The van der Waals surface area contributed by atoms with E-state index in [1.54, 1.807) is 0 Å². The maximum absolute atomic E-state index is 12.4. The van der Waals surface area contributed by atoms with Crippen LogP contribution < -0.4 is 5.32 Å². The largest absolute Gasteiger partial charge is 0.462 e. The zero-order valence-electron chi connectivity index (χ0n) is 20.5. The second-order valence-corrected chi connectivity index (χ2v) is 8.99. The van der Waals surface area contributed by atoms with E-state index in [1.807, 2.05) is 6.07 Å². The van der Waals surface area contributed by atoms with Gasteiger partial charge < -0.3 is 10.1 Å². The molecule has 0 amide bonds. The van der Waals surface area contributed by atoms with E-state index < -0.39 is 0 Å². The molecule has 0 unspecified atom stereocenters. The van der Waals surface area contributed by atoms with Gasteiger partial charge in [0.15, 0.2) is 0 Å². The van der Waals surface area contributed by atoms with E-state index in [-0.39, 0.29) is 12.1 Å². The van der Waals surface area contributed by atoms with Gasteiger partial charge in [0.25, 0.3) is 0 Å². The first kappa shape index (κ1) is 27.7. The Labute approximate surface area is 192 Å². The minimum absolute atomic E-state index is 0.0107. The van der Waals surface area contributed by atoms with Gasteiger partial charge in [-0.3, -0.25) is 4.79 Å². The van der Waals surface area contributed by atoms with Crippen LogP contribution in [0.15, 0.2) is 30.3 Å².